The molecule has 0 bridgehead atoms. The SMILES string of the molecule is CCCCn1/c(=C/C=C2\CCCC(/C=C/C3=[N+](CCCC)c4ccc(C)c5cccc3c45)=C2Cl)c2cccc3c(Cl)ccc1c32. The molecule has 7 rings (SSSR count). The lowest BCUT2D eigenvalue weighted by Gasteiger charge is -2.16. The number of aryl methyl sites for hydroxylation is 2. The summed E-state index contributed by atoms with van der Waals surface area (Å²) in [5.74, 6) is 0. The molecule has 4 heteroatoms. The number of rotatable bonds is 9. The number of aromatic nitrogens is 1. The van der Waals surface area contributed by atoms with Crippen LogP contribution in [0.2, 0.25) is 5.02 Å². The zero-order chi connectivity index (χ0) is 31.1. The van der Waals surface area contributed by atoms with Gasteiger partial charge in [-0.15, -0.1) is 0 Å². The molecule has 0 unspecified atom stereocenters. The number of hydrogen-bond donors (Lipinski definition) is 0. The molecule has 0 saturated heterocycles. The summed E-state index contributed by atoms with van der Waals surface area (Å²) in [5.41, 5.74) is 8.96. The lowest BCUT2D eigenvalue weighted by Crippen LogP contribution is -2.16. The van der Waals surface area contributed by atoms with Gasteiger partial charge in [0.2, 0.25) is 11.4 Å². The molecule has 0 N–H and O–H groups in total. The summed E-state index contributed by atoms with van der Waals surface area (Å²) in [6.07, 6.45) is 16.9. The minimum atomic E-state index is 0.809. The highest BCUT2D eigenvalue weighted by atomic mass is 35.5. The van der Waals surface area contributed by atoms with Crippen LogP contribution in [-0.2, 0) is 6.54 Å². The fraction of sp³-hybridized carbons (Fsp3) is 0.293. The van der Waals surface area contributed by atoms with Crippen molar-refractivity contribution in [1.29, 1.82) is 0 Å². The first-order valence-corrected chi connectivity index (χ1v) is 17.4. The van der Waals surface area contributed by atoms with Gasteiger partial charge in [-0.05, 0) is 79.0 Å². The summed E-state index contributed by atoms with van der Waals surface area (Å²) in [7, 11) is 0. The van der Waals surface area contributed by atoms with E-state index in [2.05, 4.69) is 109 Å². The molecule has 4 aromatic carbocycles. The molecule has 0 fully saturated rings. The number of hydrogen-bond acceptors (Lipinski definition) is 0. The van der Waals surface area contributed by atoms with Crippen LogP contribution in [0.1, 0.15) is 69.9 Å². The Balaban J connectivity index is 1.30. The third-order valence-corrected chi connectivity index (χ3v) is 10.5. The van der Waals surface area contributed by atoms with Crippen LogP contribution in [0, 0.1) is 6.92 Å². The number of benzene rings is 4. The van der Waals surface area contributed by atoms with Crippen LogP contribution in [0.15, 0.2) is 95.1 Å². The van der Waals surface area contributed by atoms with Crippen molar-refractivity contribution in [1.82, 2.24) is 4.57 Å². The Morgan fingerprint density at radius 1 is 0.800 bits per heavy atom. The summed E-state index contributed by atoms with van der Waals surface area (Å²) in [5, 5.41) is 9.31. The van der Waals surface area contributed by atoms with Crippen LogP contribution in [0.25, 0.3) is 38.5 Å². The van der Waals surface area contributed by atoms with E-state index in [4.69, 9.17) is 23.2 Å². The van der Waals surface area contributed by atoms with Crippen molar-refractivity contribution in [3.63, 3.8) is 0 Å². The van der Waals surface area contributed by atoms with Crippen LogP contribution in [-0.4, -0.2) is 21.4 Å². The van der Waals surface area contributed by atoms with Gasteiger partial charge in [-0.2, -0.15) is 4.58 Å². The molecule has 1 aliphatic carbocycles. The fourth-order valence-corrected chi connectivity index (χ4v) is 7.89. The second-order valence-corrected chi connectivity index (χ2v) is 13.4. The molecular formula is C41H41Cl2N2+. The van der Waals surface area contributed by atoms with Gasteiger partial charge in [-0.1, -0.05) is 98.4 Å². The molecular weight excluding hydrogens is 591 g/mol. The second kappa shape index (κ2) is 12.7. The van der Waals surface area contributed by atoms with Crippen LogP contribution >= 0.6 is 23.2 Å². The third kappa shape index (κ3) is 5.27. The van der Waals surface area contributed by atoms with Gasteiger partial charge in [0.05, 0.1) is 10.9 Å². The summed E-state index contributed by atoms with van der Waals surface area (Å²) in [6.45, 7) is 8.73. The molecule has 0 atom stereocenters. The maximum atomic E-state index is 7.22. The highest BCUT2D eigenvalue weighted by molar-refractivity contribution is 6.37. The lowest BCUT2D eigenvalue weighted by molar-refractivity contribution is -0.436. The van der Waals surface area contributed by atoms with Gasteiger partial charge in [0, 0.05) is 62.2 Å². The van der Waals surface area contributed by atoms with Gasteiger partial charge in [0.1, 0.15) is 6.54 Å². The minimum Gasteiger partial charge on any atom is -0.340 e. The maximum Gasteiger partial charge on any atom is 0.214 e. The van der Waals surface area contributed by atoms with E-state index in [9.17, 15) is 0 Å². The monoisotopic (exact) mass is 631 g/mol. The zero-order valence-corrected chi connectivity index (χ0v) is 28.1. The molecule has 2 heterocycles. The molecule has 228 valence electrons. The molecule has 1 aliphatic heterocycles. The van der Waals surface area contributed by atoms with E-state index < -0.39 is 0 Å². The second-order valence-electron chi connectivity index (χ2n) is 12.6. The first-order chi connectivity index (χ1) is 22.0. The molecule has 0 spiro atoms. The molecule has 0 saturated carbocycles. The summed E-state index contributed by atoms with van der Waals surface area (Å²) in [6, 6.07) is 22.0. The van der Waals surface area contributed by atoms with Gasteiger partial charge in [-0.25, -0.2) is 0 Å². The molecule has 1 aromatic heterocycles. The molecule has 45 heavy (non-hydrogen) atoms. The predicted octanol–water partition coefficient (Wildman–Crippen LogP) is 11.3. The maximum absolute atomic E-state index is 7.22. The number of halogens is 2. The van der Waals surface area contributed by atoms with E-state index >= 15 is 0 Å². The van der Waals surface area contributed by atoms with Crippen LogP contribution in [0.5, 0.6) is 0 Å². The van der Waals surface area contributed by atoms with E-state index in [1.54, 1.807) is 0 Å². The Morgan fingerprint density at radius 2 is 1.60 bits per heavy atom. The normalized spacial score (nSPS) is 16.7. The fourth-order valence-electron chi connectivity index (χ4n) is 7.35. The van der Waals surface area contributed by atoms with Crippen molar-refractivity contribution < 1.29 is 4.58 Å². The van der Waals surface area contributed by atoms with Gasteiger partial charge >= 0.3 is 0 Å². The van der Waals surface area contributed by atoms with Crippen LogP contribution in [0.3, 0.4) is 0 Å². The van der Waals surface area contributed by atoms with Crippen molar-refractivity contribution >= 4 is 73.1 Å². The van der Waals surface area contributed by atoms with E-state index in [0.29, 0.717) is 0 Å². The standard InChI is InChI=1S/C41H41Cl2N2/c1-4-6-25-44-35(32-15-9-13-30-27(3)17-21-37(44)39(30)32)22-18-28-11-8-12-29(41(28)43)19-23-36-33-16-10-14-31-34(42)20-24-38(40(31)33)45(36)26-7-5-2/h9-10,13-24H,4-8,11-12,25-26H2,1-3H3/q+1. The first kappa shape index (κ1) is 30.1. The average Bonchev–Trinajstić information content (AvgIpc) is 3.53. The van der Waals surface area contributed by atoms with Gasteiger partial charge in [0.25, 0.3) is 0 Å². The lowest BCUT2D eigenvalue weighted by atomic mass is 9.93. The Bertz CT molecular complexity index is 2140. The smallest absolute Gasteiger partial charge is 0.214 e. The zero-order valence-electron chi connectivity index (χ0n) is 26.6. The molecule has 0 amide bonds. The van der Waals surface area contributed by atoms with Crippen LogP contribution < -0.4 is 5.35 Å². The van der Waals surface area contributed by atoms with Gasteiger partial charge < -0.3 is 4.57 Å². The quantitative estimate of drug-likeness (QED) is 0.143. The summed E-state index contributed by atoms with van der Waals surface area (Å²) < 4.78 is 4.99. The van der Waals surface area contributed by atoms with E-state index in [-0.39, 0.29) is 0 Å². The van der Waals surface area contributed by atoms with E-state index in [1.807, 2.05) is 6.07 Å². The summed E-state index contributed by atoms with van der Waals surface area (Å²) >= 11 is 13.9. The van der Waals surface area contributed by atoms with Crippen molar-refractivity contribution in [2.75, 3.05) is 6.54 Å². The van der Waals surface area contributed by atoms with Crippen molar-refractivity contribution in [2.45, 2.75) is 72.3 Å². The largest absolute Gasteiger partial charge is 0.340 e. The third-order valence-electron chi connectivity index (χ3n) is 9.73. The number of nitrogens with zero attached hydrogens (tertiary/aromatic N) is 2. The van der Waals surface area contributed by atoms with Crippen molar-refractivity contribution in [3.8, 4) is 0 Å². The van der Waals surface area contributed by atoms with E-state index in [1.165, 1.54) is 72.5 Å². The Hall–Kier alpha value is -3.59. The van der Waals surface area contributed by atoms with Crippen LogP contribution in [0.4, 0.5) is 5.69 Å². The summed E-state index contributed by atoms with van der Waals surface area (Å²) in [4.78, 5) is 0. The molecule has 0 radical (unpaired) electrons. The Morgan fingerprint density at radius 3 is 2.44 bits per heavy atom. The molecule has 5 aromatic rings. The Kier molecular flexibility index (Phi) is 8.46. The van der Waals surface area contributed by atoms with Gasteiger partial charge in [0.15, 0.2) is 0 Å². The highest BCUT2D eigenvalue weighted by Crippen LogP contribution is 2.39. The number of allylic oxidation sites excluding steroid dienone is 6. The minimum absolute atomic E-state index is 0.809. The topological polar surface area (TPSA) is 7.94 Å². The van der Waals surface area contributed by atoms with E-state index in [0.717, 1.165) is 67.1 Å². The first-order valence-electron chi connectivity index (χ1n) is 16.7. The predicted molar refractivity (Wildman–Crippen MR) is 195 cm³/mol. The average molecular weight is 633 g/mol. The van der Waals surface area contributed by atoms with Crippen molar-refractivity contribution in [2.24, 2.45) is 0 Å². The Labute approximate surface area is 276 Å². The highest BCUT2D eigenvalue weighted by Gasteiger charge is 2.30. The van der Waals surface area contributed by atoms with Crippen molar-refractivity contribution in [3.05, 3.63) is 117 Å². The number of unbranched alkanes of at least 4 members (excludes halogenated alkanes) is 2. The van der Waals surface area contributed by atoms with Gasteiger partial charge in [-0.3, -0.25) is 0 Å². The molecule has 2 nitrogen and oxygen atoms in total. The molecule has 2 aliphatic rings.